The van der Waals surface area contributed by atoms with Gasteiger partial charge in [-0.05, 0) is 18.8 Å². The largest absolute Gasteiger partial charge is 0.481 e. The predicted molar refractivity (Wildman–Crippen MR) is 60.5 cm³/mol. The average molecular weight is 239 g/mol. The standard InChI is InChI=1S/C12H17NO4/c1-2-6-17-11(16)13-7-9-4-3-5-12(9,8-13)10(14)15/h2,9H,1,3-8H2,(H,14,15)/t9-,12-/m0/s1. The third kappa shape index (κ3) is 1.90. The summed E-state index contributed by atoms with van der Waals surface area (Å²) < 4.78 is 4.94. The molecule has 1 saturated carbocycles. The first-order valence-corrected chi connectivity index (χ1v) is 5.86. The van der Waals surface area contributed by atoms with Crippen LogP contribution in [0.1, 0.15) is 19.3 Å². The molecule has 5 nitrogen and oxygen atoms in total. The zero-order valence-electron chi connectivity index (χ0n) is 9.72. The Morgan fingerprint density at radius 2 is 2.35 bits per heavy atom. The van der Waals surface area contributed by atoms with Gasteiger partial charge in [-0.25, -0.2) is 4.79 Å². The summed E-state index contributed by atoms with van der Waals surface area (Å²) in [6, 6.07) is 0. The first-order valence-electron chi connectivity index (χ1n) is 5.86. The van der Waals surface area contributed by atoms with Crippen molar-refractivity contribution >= 4 is 12.1 Å². The molecule has 1 aliphatic carbocycles. The molecule has 2 aliphatic rings. The van der Waals surface area contributed by atoms with E-state index in [0.717, 1.165) is 12.8 Å². The van der Waals surface area contributed by atoms with Gasteiger partial charge in [-0.15, -0.1) is 0 Å². The number of amides is 1. The van der Waals surface area contributed by atoms with E-state index in [2.05, 4.69) is 6.58 Å². The van der Waals surface area contributed by atoms with Crippen LogP contribution >= 0.6 is 0 Å². The van der Waals surface area contributed by atoms with E-state index < -0.39 is 17.5 Å². The quantitative estimate of drug-likeness (QED) is 0.758. The Morgan fingerprint density at radius 1 is 1.59 bits per heavy atom. The lowest BCUT2D eigenvalue weighted by molar-refractivity contribution is -0.149. The lowest BCUT2D eigenvalue weighted by atomic mass is 9.81. The maximum atomic E-state index is 11.7. The number of fused-ring (bicyclic) bond motifs is 1. The van der Waals surface area contributed by atoms with Gasteiger partial charge < -0.3 is 14.7 Å². The van der Waals surface area contributed by atoms with E-state index >= 15 is 0 Å². The van der Waals surface area contributed by atoms with Crippen molar-refractivity contribution in [3.63, 3.8) is 0 Å². The third-order valence-corrected chi connectivity index (χ3v) is 3.88. The van der Waals surface area contributed by atoms with Crippen molar-refractivity contribution in [3.05, 3.63) is 12.7 Å². The first kappa shape index (κ1) is 12.0. The number of carbonyl (C=O) groups is 2. The second-order valence-electron chi connectivity index (χ2n) is 4.80. The number of aliphatic carboxylic acids is 1. The van der Waals surface area contributed by atoms with Crippen molar-refractivity contribution in [2.75, 3.05) is 19.7 Å². The summed E-state index contributed by atoms with van der Waals surface area (Å²) in [4.78, 5) is 24.6. The topological polar surface area (TPSA) is 66.8 Å². The van der Waals surface area contributed by atoms with Gasteiger partial charge in [0.25, 0.3) is 0 Å². The highest BCUT2D eigenvalue weighted by molar-refractivity contribution is 5.78. The Balaban J connectivity index is 2.05. The van der Waals surface area contributed by atoms with Crippen molar-refractivity contribution in [1.82, 2.24) is 4.90 Å². The van der Waals surface area contributed by atoms with E-state index in [9.17, 15) is 14.7 Å². The number of carbonyl (C=O) groups excluding carboxylic acids is 1. The molecule has 1 heterocycles. The summed E-state index contributed by atoms with van der Waals surface area (Å²) >= 11 is 0. The SMILES string of the molecule is C=CCOC(=O)N1C[C@@H]2CCC[C@]2(C(=O)O)C1. The maximum absolute atomic E-state index is 11.7. The van der Waals surface area contributed by atoms with E-state index in [-0.39, 0.29) is 19.1 Å². The number of likely N-dealkylation sites (tertiary alicyclic amines) is 1. The van der Waals surface area contributed by atoms with Crippen LogP contribution < -0.4 is 0 Å². The Labute approximate surface area is 100 Å². The fraction of sp³-hybridized carbons (Fsp3) is 0.667. The fourth-order valence-corrected chi connectivity index (χ4v) is 3.00. The number of rotatable bonds is 3. The van der Waals surface area contributed by atoms with Crippen molar-refractivity contribution in [2.45, 2.75) is 19.3 Å². The molecule has 0 bridgehead atoms. The van der Waals surface area contributed by atoms with Crippen LogP contribution in [0.2, 0.25) is 0 Å². The normalized spacial score (nSPS) is 31.1. The smallest absolute Gasteiger partial charge is 0.410 e. The summed E-state index contributed by atoms with van der Waals surface area (Å²) in [6.07, 6.45) is 3.56. The minimum atomic E-state index is -0.779. The molecule has 0 aromatic carbocycles. The molecular weight excluding hydrogens is 222 g/mol. The molecule has 0 aromatic rings. The maximum Gasteiger partial charge on any atom is 0.410 e. The Kier molecular flexibility index (Phi) is 3.09. The van der Waals surface area contributed by atoms with Crippen LogP contribution in [0.3, 0.4) is 0 Å². The van der Waals surface area contributed by atoms with Crippen LogP contribution in [0.15, 0.2) is 12.7 Å². The zero-order valence-corrected chi connectivity index (χ0v) is 9.72. The van der Waals surface area contributed by atoms with Gasteiger partial charge in [0.15, 0.2) is 0 Å². The molecule has 2 rings (SSSR count). The molecule has 94 valence electrons. The van der Waals surface area contributed by atoms with Crippen LogP contribution in [-0.2, 0) is 9.53 Å². The van der Waals surface area contributed by atoms with Gasteiger partial charge in [-0.1, -0.05) is 19.1 Å². The van der Waals surface area contributed by atoms with Crippen LogP contribution in [0.25, 0.3) is 0 Å². The summed E-state index contributed by atoms with van der Waals surface area (Å²) in [5.41, 5.74) is -0.729. The Morgan fingerprint density at radius 3 is 2.94 bits per heavy atom. The first-order chi connectivity index (χ1) is 8.10. The molecule has 1 amide bonds. The van der Waals surface area contributed by atoms with Crippen molar-refractivity contribution in [2.24, 2.45) is 11.3 Å². The third-order valence-electron chi connectivity index (χ3n) is 3.88. The molecule has 1 aliphatic heterocycles. The number of hydrogen-bond donors (Lipinski definition) is 1. The van der Waals surface area contributed by atoms with Gasteiger partial charge in [-0.2, -0.15) is 0 Å². The number of hydrogen-bond acceptors (Lipinski definition) is 3. The lowest BCUT2D eigenvalue weighted by Crippen LogP contribution is -2.37. The average Bonchev–Trinajstić information content (AvgIpc) is 2.82. The number of carboxylic acid groups (broad SMARTS) is 1. The number of carboxylic acids is 1. The molecule has 17 heavy (non-hydrogen) atoms. The molecule has 0 aromatic heterocycles. The summed E-state index contributed by atoms with van der Waals surface area (Å²) in [5, 5.41) is 9.35. The molecule has 2 fully saturated rings. The highest BCUT2D eigenvalue weighted by Crippen LogP contribution is 2.48. The monoisotopic (exact) mass is 239 g/mol. The van der Waals surface area contributed by atoms with Crippen molar-refractivity contribution in [3.8, 4) is 0 Å². The minimum absolute atomic E-state index is 0.0799. The number of ether oxygens (including phenoxy) is 1. The second kappa shape index (κ2) is 4.39. The van der Waals surface area contributed by atoms with Crippen LogP contribution in [0, 0.1) is 11.3 Å². The predicted octanol–water partition coefficient (Wildman–Crippen LogP) is 1.50. The summed E-state index contributed by atoms with van der Waals surface area (Å²) in [7, 11) is 0. The van der Waals surface area contributed by atoms with Gasteiger partial charge in [0, 0.05) is 13.1 Å². The second-order valence-corrected chi connectivity index (χ2v) is 4.80. The van der Waals surface area contributed by atoms with Gasteiger partial charge in [0.2, 0.25) is 0 Å². The van der Waals surface area contributed by atoms with Crippen molar-refractivity contribution < 1.29 is 19.4 Å². The number of nitrogens with zero attached hydrogens (tertiary/aromatic N) is 1. The van der Waals surface area contributed by atoms with E-state index in [4.69, 9.17) is 4.74 Å². The highest BCUT2D eigenvalue weighted by atomic mass is 16.6. The van der Waals surface area contributed by atoms with Crippen LogP contribution in [0.4, 0.5) is 4.79 Å². The van der Waals surface area contributed by atoms with E-state index in [1.54, 1.807) is 0 Å². The van der Waals surface area contributed by atoms with Gasteiger partial charge >= 0.3 is 12.1 Å². The molecule has 2 atom stereocenters. The Bertz CT molecular complexity index is 354. The minimum Gasteiger partial charge on any atom is -0.481 e. The molecule has 0 unspecified atom stereocenters. The van der Waals surface area contributed by atoms with E-state index in [1.165, 1.54) is 11.0 Å². The lowest BCUT2D eigenvalue weighted by Gasteiger charge is -2.22. The van der Waals surface area contributed by atoms with Gasteiger partial charge in [0.05, 0.1) is 5.41 Å². The Hall–Kier alpha value is -1.52. The molecule has 1 N–H and O–H groups in total. The van der Waals surface area contributed by atoms with Gasteiger partial charge in [-0.3, -0.25) is 4.79 Å². The van der Waals surface area contributed by atoms with Crippen LogP contribution in [0.5, 0.6) is 0 Å². The molecular formula is C12H17NO4. The summed E-state index contributed by atoms with van der Waals surface area (Å²) in [5.74, 6) is -0.699. The van der Waals surface area contributed by atoms with Crippen LogP contribution in [-0.4, -0.2) is 41.8 Å². The molecule has 5 heteroatoms. The van der Waals surface area contributed by atoms with Gasteiger partial charge in [0.1, 0.15) is 6.61 Å². The highest BCUT2D eigenvalue weighted by Gasteiger charge is 2.56. The van der Waals surface area contributed by atoms with E-state index in [0.29, 0.717) is 13.0 Å². The fourth-order valence-electron chi connectivity index (χ4n) is 3.00. The van der Waals surface area contributed by atoms with Crippen molar-refractivity contribution in [1.29, 1.82) is 0 Å². The molecule has 0 radical (unpaired) electrons. The molecule has 0 spiro atoms. The van der Waals surface area contributed by atoms with E-state index in [1.807, 2.05) is 0 Å². The zero-order chi connectivity index (χ0) is 12.5. The summed E-state index contributed by atoms with van der Waals surface area (Å²) in [6.45, 7) is 4.42. The molecule has 1 saturated heterocycles.